The first-order valence-electron chi connectivity index (χ1n) is 8.50. The van der Waals surface area contributed by atoms with E-state index < -0.39 is 0 Å². The molecule has 26 heavy (non-hydrogen) atoms. The lowest BCUT2D eigenvalue weighted by Crippen LogP contribution is -2.83. The van der Waals surface area contributed by atoms with Crippen molar-refractivity contribution in [2.45, 2.75) is 19.5 Å². The van der Waals surface area contributed by atoms with Gasteiger partial charge in [0.15, 0.2) is 5.01 Å². The van der Waals surface area contributed by atoms with Crippen molar-refractivity contribution in [3.63, 3.8) is 0 Å². The molecular weight excluding hydrogens is 344 g/mol. The molecule has 2 heterocycles. The Hall–Kier alpha value is -2.83. The van der Waals surface area contributed by atoms with Crippen LogP contribution < -0.4 is 10.9 Å². The van der Waals surface area contributed by atoms with Crippen molar-refractivity contribution in [3.05, 3.63) is 98.9 Å². The van der Waals surface area contributed by atoms with Gasteiger partial charge in [-0.1, -0.05) is 72.0 Å². The molecule has 0 saturated heterocycles. The molecule has 0 saturated carbocycles. The average Bonchev–Trinajstić information content (AvgIpc) is 3.07. The zero-order valence-corrected chi connectivity index (χ0v) is 15.2. The van der Waals surface area contributed by atoms with Crippen LogP contribution >= 0.6 is 11.3 Å². The molecule has 4 aromatic rings. The van der Waals surface area contributed by atoms with Crippen molar-refractivity contribution in [2.24, 2.45) is 0 Å². The lowest BCUT2D eigenvalue weighted by atomic mass is 9.99. The number of hydrogen-bond donors (Lipinski definition) is 1. The van der Waals surface area contributed by atoms with Crippen molar-refractivity contribution >= 4 is 16.3 Å². The summed E-state index contributed by atoms with van der Waals surface area (Å²) in [5.74, 6) is 0. The van der Waals surface area contributed by atoms with E-state index in [9.17, 15) is 4.79 Å². The predicted octanol–water partition coefficient (Wildman–Crippen LogP) is 2.31. The number of nitrogens with two attached hydrogens (primary N) is 1. The second-order valence-electron chi connectivity index (χ2n) is 6.16. The van der Waals surface area contributed by atoms with Crippen molar-refractivity contribution in [1.82, 2.24) is 14.6 Å². The normalized spacial score (nSPS) is 11.3. The molecule has 130 valence electrons. The van der Waals surface area contributed by atoms with Gasteiger partial charge in [-0.15, -0.1) is 0 Å². The van der Waals surface area contributed by atoms with Crippen molar-refractivity contribution < 1.29 is 5.32 Å². The predicted molar refractivity (Wildman–Crippen MR) is 102 cm³/mol. The van der Waals surface area contributed by atoms with Crippen LogP contribution in [0.25, 0.3) is 4.96 Å². The van der Waals surface area contributed by atoms with Crippen LogP contribution in [0.5, 0.6) is 0 Å². The van der Waals surface area contributed by atoms with E-state index in [-0.39, 0.29) is 11.6 Å². The van der Waals surface area contributed by atoms with Gasteiger partial charge in [0, 0.05) is 22.9 Å². The molecule has 0 aliphatic carbocycles. The van der Waals surface area contributed by atoms with Crippen LogP contribution in [-0.2, 0) is 6.54 Å². The van der Waals surface area contributed by atoms with Gasteiger partial charge in [0.1, 0.15) is 12.6 Å². The lowest BCUT2D eigenvalue weighted by Gasteiger charge is -2.15. The Kier molecular flexibility index (Phi) is 4.60. The van der Waals surface area contributed by atoms with Gasteiger partial charge in [-0.2, -0.15) is 9.61 Å². The van der Waals surface area contributed by atoms with E-state index >= 15 is 0 Å². The summed E-state index contributed by atoms with van der Waals surface area (Å²) in [5, 5.41) is 7.58. The topological polar surface area (TPSA) is 63.9 Å². The number of fused-ring (bicyclic) bond motifs is 1. The summed E-state index contributed by atoms with van der Waals surface area (Å²) < 4.78 is 1.39. The quantitative estimate of drug-likeness (QED) is 0.592. The van der Waals surface area contributed by atoms with Crippen molar-refractivity contribution in [3.8, 4) is 0 Å². The zero-order chi connectivity index (χ0) is 17.9. The van der Waals surface area contributed by atoms with Gasteiger partial charge in [0.05, 0.1) is 0 Å². The Bertz CT molecular complexity index is 1030. The minimum atomic E-state index is -0.127. The minimum Gasteiger partial charge on any atom is -0.330 e. The molecule has 0 atom stereocenters. The van der Waals surface area contributed by atoms with Crippen LogP contribution in [0.1, 0.15) is 27.9 Å². The summed E-state index contributed by atoms with van der Waals surface area (Å²) in [7, 11) is 0. The third-order valence-corrected chi connectivity index (χ3v) is 5.19. The lowest BCUT2D eigenvalue weighted by molar-refractivity contribution is -0.702. The molecule has 2 aromatic heterocycles. The fourth-order valence-corrected chi connectivity index (χ4v) is 3.97. The standard InChI is InChI=1S/C20H18N4OS/c1-14-12-18(25)24-20(22-14)26-17(23-24)13-21-19(15-8-4-2-5-9-15)16-10-6-3-7-11-16/h2-12,19,21H,13H2,1H3/p+1. The maximum absolute atomic E-state index is 12.1. The molecular formula is C20H19N4OS+. The van der Waals surface area contributed by atoms with E-state index in [1.165, 1.54) is 33.0 Å². The van der Waals surface area contributed by atoms with Gasteiger partial charge in [-0.05, 0) is 6.92 Å². The summed E-state index contributed by atoms with van der Waals surface area (Å²) in [4.78, 5) is 17.1. The number of aromatic nitrogens is 3. The average molecular weight is 363 g/mol. The first-order chi connectivity index (χ1) is 12.7. The summed E-state index contributed by atoms with van der Waals surface area (Å²) in [5.41, 5.74) is 3.08. The number of nitrogens with zero attached hydrogens (tertiary/aromatic N) is 3. The Labute approximate surface area is 155 Å². The molecule has 4 rings (SSSR count). The molecule has 0 bridgehead atoms. The molecule has 2 aromatic carbocycles. The summed E-state index contributed by atoms with van der Waals surface area (Å²) in [6, 6.07) is 22.5. The SMILES string of the molecule is Cc1cc(=O)n2nc(C[NH2+]C(c3ccccc3)c3ccccc3)sc2n1. The second-order valence-corrected chi connectivity index (χ2v) is 7.21. The molecule has 5 nitrogen and oxygen atoms in total. The summed E-state index contributed by atoms with van der Waals surface area (Å²) >= 11 is 1.47. The molecule has 6 heteroatoms. The molecule has 0 unspecified atom stereocenters. The Morgan fingerprint density at radius 2 is 1.65 bits per heavy atom. The van der Waals surface area contributed by atoms with Gasteiger partial charge in [0.25, 0.3) is 5.56 Å². The van der Waals surface area contributed by atoms with Crippen LogP contribution in [0.15, 0.2) is 71.5 Å². The van der Waals surface area contributed by atoms with Gasteiger partial charge in [0.2, 0.25) is 4.96 Å². The maximum Gasteiger partial charge on any atom is 0.275 e. The fraction of sp³-hybridized carbons (Fsp3) is 0.150. The van der Waals surface area contributed by atoms with Crippen LogP contribution in [0.2, 0.25) is 0 Å². The number of rotatable bonds is 5. The monoisotopic (exact) mass is 363 g/mol. The van der Waals surface area contributed by atoms with E-state index in [2.05, 4.69) is 63.9 Å². The van der Waals surface area contributed by atoms with Crippen molar-refractivity contribution in [1.29, 1.82) is 0 Å². The maximum atomic E-state index is 12.1. The minimum absolute atomic E-state index is 0.127. The van der Waals surface area contributed by atoms with E-state index in [4.69, 9.17) is 0 Å². The second kappa shape index (κ2) is 7.19. The number of quaternary nitrogens is 1. The van der Waals surface area contributed by atoms with Crippen LogP contribution in [0.3, 0.4) is 0 Å². The molecule has 0 fully saturated rings. The summed E-state index contributed by atoms with van der Waals surface area (Å²) in [6.45, 7) is 2.51. The van der Waals surface area contributed by atoms with Gasteiger partial charge >= 0.3 is 0 Å². The molecule has 0 spiro atoms. The van der Waals surface area contributed by atoms with E-state index in [1.54, 1.807) is 0 Å². The highest BCUT2D eigenvalue weighted by Crippen LogP contribution is 2.18. The van der Waals surface area contributed by atoms with E-state index in [0.717, 1.165) is 10.7 Å². The third-order valence-electron chi connectivity index (χ3n) is 4.26. The molecule has 0 amide bonds. The highest BCUT2D eigenvalue weighted by atomic mass is 32.1. The molecule has 0 radical (unpaired) electrons. The Balaban J connectivity index is 1.63. The number of benzene rings is 2. The van der Waals surface area contributed by atoms with E-state index in [0.29, 0.717) is 11.5 Å². The van der Waals surface area contributed by atoms with E-state index in [1.807, 2.05) is 19.1 Å². The first kappa shape index (κ1) is 16.6. The van der Waals surface area contributed by atoms with Gasteiger partial charge in [-0.3, -0.25) is 4.79 Å². The molecule has 0 aliphatic rings. The highest BCUT2D eigenvalue weighted by Gasteiger charge is 2.18. The van der Waals surface area contributed by atoms with Gasteiger partial charge < -0.3 is 5.32 Å². The largest absolute Gasteiger partial charge is 0.330 e. The van der Waals surface area contributed by atoms with Crippen molar-refractivity contribution in [2.75, 3.05) is 0 Å². The molecule has 2 N–H and O–H groups in total. The highest BCUT2D eigenvalue weighted by molar-refractivity contribution is 7.16. The first-order valence-corrected chi connectivity index (χ1v) is 9.32. The van der Waals surface area contributed by atoms with Crippen LogP contribution in [0, 0.1) is 6.92 Å². The molecule has 0 aliphatic heterocycles. The van der Waals surface area contributed by atoms with Gasteiger partial charge in [-0.25, -0.2) is 4.98 Å². The number of aryl methyl sites for hydroxylation is 1. The van der Waals surface area contributed by atoms with Crippen LogP contribution in [0.4, 0.5) is 0 Å². The zero-order valence-electron chi connectivity index (χ0n) is 14.4. The van der Waals surface area contributed by atoms with Crippen LogP contribution in [-0.4, -0.2) is 14.6 Å². The third kappa shape index (κ3) is 3.42. The number of hydrogen-bond acceptors (Lipinski definition) is 4. The Morgan fingerprint density at radius 3 is 2.27 bits per heavy atom. The fourth-order valence-electron chi connectivity index (χ4n) is 3.05. The smallest absolute Gasteiger partial charge is 0.275 e. The Morgan fingerprint density at radius 1 is 1.04 bits per heavy atom. The summed E-state index contributed by atoms with van der Waals surface area (Å²) in [6.07, 6.45) is 0.